The van der Waals surface area contributed by atoms with Crippen molar-refractivity contribution in [1.29, 1.82) is 0 Å². The summed E-state index contributed by atoms with van der Waals surface area (Å²) in [5.41, 5.74) is 18.9. The van der Waals surface area contributed by atoms with Crippen LogP contribution in [-0.4, -0.2) is 186 Å². The van der Waals surface area contributed by atoms with Gasteiger partial charge >= 0.3 is 35.8 Å². The minimum absolute atomic E-state index is 0.133. The van der Waals surface area contributed by atoms with E-state index >= 15 is 0 Å². The number of benzene rings is 6. The van der Waals surface area contributed by atoms with Crippen molar-refractivity contribution in [3.8, 4) is 133 Å². The zero-order valence-electron chi connectivity index (χ0n) is 74.1. The second-order valence-corrected chi connectivity index (χ2v) is 35.6. The number of halogens is 4. The fourth-order valence-electron chi connectivity index (χ4n) is 13.3. The first-order valence-corrected chi connectivity index (χ1v) is 45.4. The third kappa shape index (κ3) is 24.7. The second kappa shape index (κ2) is 43.8. The van der Waals surface area contributed by atoms with Crippen LogP contribution in [0, 0.1) is 83.1 Å². The van der Waals surface area contributed by atoms with E-state index in [1.165, 1.54) is 62.1 Å². The summed E-state index contributed by atoms with van der Waals surface area (Å²) < 4.78 is 26.6. The number of carboxylic acids is 6. The van der Waals surface area contributed by atoms with Gasteiger partial charge in [-0.15, -0.1) is 61.2 Å². The van der Waals surface area contributed by atoms with E-state index in [1.807, 2.05) is 207 Å². The summed E-state index contributed by atoms with van der Waals surface area (Å²) in [4.78, 5) is 65.8. The lowest BCUT2D eigenvalue weighted by molar-refractivity contribution is -0.138. The van der Waals surface area contributed by atoms with Crippen LogP contribution in [0.1, 0.15) is 67.5 Å². The molecule has 0 atom stereocenters. The van der Waals surface area contributed by atoms with Gasteiger partial charge in [-0.2, -0.15) is 30.6 Å². The Morgan fingerprint density at radius 2 is 0.537 bits per heavy atom. The van der Waals surface area contributed by atoms with E-state index in [-0.39, 0.29) is 56.9 Å². The highest BCUT2D eigenvalue weighted by atomic mass is 79.9. The number of rotatable bonds is 24. The monoisotopic (exact) mass is 2060 g/mol. The lowest BCUT2D eigenvalue weighted by Gasteiger charge is -2.01. The average molecular weight is 2060 g/mol. The summed E-state index contributed by atoms with van der Waals surface area (Å²) in [6, 6.07) is 50.5. The Kier molecular flexibility index (Phi) is 31.7. The molecule has 0 fully saturated rings. The van der Waals surface area contributed by atoms with Gasteiger partial charge in [-0.3, -0.25) is 33.4 Å². The van der Waals surface area contributed by atoms with Crippen molar-refractivity contribution in [3.63, 3.8) is 0 Å². The molecule has 0 saturated carbocycles. The molecule has 39 nitrogen and oxygen atoms in total. The highest BCUT2D eigenvalue weighted by Gasteiger charge is 2.29. The Morgan fingerprint density at radius 3 is 0.919 bits per heavy atom. The molecule has 12 aromatic heterocycles. The van der Waals surface area contributed by atoms with Gasteiger partial charge in [0.25, 0.3) is 17.7 Å². The molecule has 6 N–H and O–H groups in total. The molecule has 12 heterocycles. The molecule has 0 bridgehead atoms. The molecular weight excluding hydrogens is 1980 g/mol. The Hall–Kier alpha value is -15.0. The number of hydrogen-bond acceptors (Lipinski definition) is 30. The summed E-state index contributed by atoms with van der Waals surface area (Å²) >= 11 is 23.5. The van der Waals surface area contributed by atoms with Crippen LogP contribution in [-0.2, 0) is 68.0 Å². The molecule has 0 saturated heterocycles. The van der Waals surface area contributed by atoms with Crippen molar-refractivity contribution in [3.05, 3.63) is 244 Å². The van der Waals surface area contributed by atoms with Gasteiger partial charge in [-0.1, -0.05) is 182 Å². The Balaban J connectivity index is 0.000000138. The summed E-state index contributed by atoms with van der Waals surface area (Å²) in [5.74, 6) is -4.21. The minimum Gasteiger partial charge on any atom is -0.480 e. The molecule has 0 spiro atoms. The largest absolute Gasteiger partial charge is 0.480 e. The molecule has 0 aliphatic carbocycles. The third-order valence-corrected chi connectivity index (χ3v) is 24.9. The van der Waals surface area contributed by atoms with E-state index in [9.17, 15) is 28.8 Å². The predicted octanol–water partition coefficient (Wildman–Crippen LogP) is 18.0. The summed E-state index contributed by atoms with van der Waals surface area (Å²) in [6.07, 6.45) is 0. The maximum absolute atomic E-state index is 11.0. The summed E-state index contributed by atoms with van der Waals surface area (Å²) in [5, 5.41) is 133. The quantitative estimate of drug-likeness (QED) is 0.0327. The van der Waals surface area contributed by atoms with Gasteiger partial charge in [-0.25, -0.2) is 23.4 Å². The van der Waals surface area contributed by atoms with Crippen molar-refractivity contribution in [2.45, 2.75) is 122 Å². The molecule has 18 aromatic rings. The SMILES string of the molecule is Cc1cccc(-c2nnc(-c3c(Br)c(C)nn3CC(=O)O)o2)c1.Cc1cccc(-c2nnc(-c3c(Br)c(C)nn3CC(=O)O)s2)c1.Cc1cccc(-c2nnc(-c3c(Cl)c(C)nn3CC(=O)O)o2)c1.Cc1cccc(-c2nnc(-c3c(Cl)c(C)nn3CC(=O)O)s2)c1.Cc1cccc(-c2nnc(-c3cc(C)nn3CC(=O)O)o2)c1.Cc1cccc(-c2nnc(-c3cc(C)nn3CC(=O)O)s2)c1. The van der Waals surface area contributed by atoms with Crippen LogP contribution in [0.25, 0.3) is 133 Å². The van der Waals surface area contributed by atoms with Crippen LogP contribution in [0.5, 0.6) is 0 Å². The van der Waals surface area contributed by atoms with Gasteiger partial charge in [-0.05, 0) is 182 Å². The smallest absolute Gasteiger partial charge is 0.325 e. The molecule has 6 aromatic carbocycles. The van der Waals surface area contributed by atoms with Gasteiger partial charge in [0, 0.05) is 33.4 Å². The summed E-state index contributed by atoms with van der Waals surface area (Å²) in [7, 11) is 0. The molecule has 18 rings (SSSR count). The Bertz CT molecular complexity index is 6740. The van der Waals surface area contributed by atoms with E-state index < -0.39 is 35.8 Å². The molecule has 0 aliphatic heterocycles. The van der Waals surface area contributed by atoms with Gasteiger partial charge in [0.1, 0.15) is 82.8 Å². The van der Waals surface area contributed by atoms with Crippen LogP contribution >= 0.6 is 89.1 Å². The van der Waals surface area contributed by atoms with E-state index in [0.29, 0.717) is 110 Å². The first-order valence-electron chi connectivity index (χ1n) is 40.6. The zero-order valence-corrected chi connectivity index (χ0v) is 81.2. The topological polar surface area (TPSA) is 525 Å². The third-order valence-electron chi connectivity index (χ3n) is 19.1. The number of hydrogen-bond donors (Lipinski definition) is 6. The van der Waals surface area contributed by atoms with E-state index in [2.05, 4.69) is 124 Å². The van der Waals surface area contributed by atoms with E-state index in [1.54, 1.807) is 33.8 Å². The molecule has 696 valence electrons. The fraction of sp³-hybridized carbons (Fsp3) is 0.200. The molecule has 0 amide bonds. The van der Waals surface area contributed by atoms with Crippen molar-refractivity contribution in [1.82, 2.24) is 120 Å². The minimum atomic E-state index is -1.04. The van der Waals surface area contributed by atoms with Gasteiger partial charge < -0.3 is 43.9 Å². The number of nitrogens with zero attached hydrogens (tertiary/aromatic N) is 24. The van der Waals surface area contributed by atoms with E-state index in [0.717, 1.165) is 92.0 Å². The first kappa shape index (κ1) is 98.5. The van der Waals surface area contributed by atoms with Crippen molar-refractivity contribution >= 4 is 125 Å². The van der Waals surface area contributed by atoms with Gasteiger partial charge in [0.05, 0.1) is 58.8 Å². The second-order valence-electron chi connectivity index (χ2n) is 30.3. The molecule has 136 heavy (non-hydrogen) atoms. The standard InChI is InChI=1S/C15H13BrN4O3.C15H13BrN4O2S.C15H13ClN4O3.C15H13ClN4O2S.C15H14N4O3.C15H14N4O2S/c4*1-8-4-3-5-10(6-8)14-17-18-15(23-14)13-12(16)9(2)19-20(13)7-11(21)22;2*1-9-4-3-5-11(6-9)14-16-17-15(22-14)12-7-10(2)18-19(12)8-13(20)21/h4*3-6H,7H2,1-2H3,(H,21,22);2*3-7H,8H2,1-2H3,(H,20,21). The Labute approximate surface area is 811 Å². The van der Waals surface area contributed by atoms with Gasteiger partial charge in [0.2, 0.25) is 17.7 Å². The predicted molar refractivity (Wildman–Crippen MR) is 511 cm³/mol. The number of aryl methyl sites for hydroxylation is 12. The highest BCUT2D eigenvalue weighted by Crippen LogP contribution is 2.41. The number of aliphatic carboxylic acids is 6. The van der Waals surface area contributed by atoms with Crippen LogP contribution in [0.4, 0.5) is 0 Å². The van der Waals surface area contributed by atoms with Gasteiger partial charge in [0.15, 0.2) is 15.0 Å². The molecular formula is C90H80Br2Cl2N24O15S3. The first-order chi connectivity index (χ1) is 64.9. The lowest BCUT2D eigenvalue weighted by atomic mass is 10.1. The number of carboxylic acid groups (broad SMARTS) is 6. The Morgan fingerprint density at radius 1 is 0.279 bits per heavy atom. The van der Waals surface area contributed by atoms with E-state index in [4.69, 9.17) is 67.1 Å². The average Bonchev–Trinajstić information content (AvgIpc) is 1.63. The lowest BCUT2D eigenvalue weighted by Crippen LogP contribution is -2.11. The molecule has 0 aliphatic rings. The van der Waals surface area contributed by atoms with Crippen molar-refractivity contribution in [2.75, 3.05) is 0 Å². The molecule has 46 heteroatoms. The number of aromatic nitrogens is 24. The molecule has 0 unspecified atom stereocenters. The number of carbonyl (C=O) groups is 6. The highest BCUT2D eigenvalue weighted by molar-refractivity contribution is 9.11. The van der Waals surface area contributed by atoms with Crippen LogP contribution in [0.15, 0.2) is 180 Å². The van der Waals surface area contributed by atoms with Crippen molar-refractivity contribution < 1.29 is 72.7 Å². The fourth-order valence-corrected chi connectivity index (χ4v) is 17.5. The van der Waals surface area contributed by atoms with Crippen LogP contribution < -0.4 is 0 Å². The maximum atomic E-state index is 11.0. The zero-order chi connectivity index (χ0) is 97.6. The maximum Gasteiger partial charge on any atom is 0.325 e. The van der Waals surface area contributed by atoms with Crippen LogP contribution in [0.2, 0.25) is 10.0 Å². The van der Waals surface area contributed by atoms with Crippen molar-refractivity contribution in [2.24, 2.45) is 0 Å². The molecule has 0 radical (unpaired) electrons. The summed E-state index contributed by atoms with van der Waals surface area (Å²) in [6.45, 7) is 21.0. The normalized spacial score (nSPS) is 10.9. The van der Waals surface area contributed by atoms with Crippen LogP contribution in [0.3, 0.4) is 0 Å².